The van der Waals surface area contributed by atoms with Crippen molar-refractivity contribution in [1.82, 2.24) is 0 Å². The Morgan fingerprint density at radius 3 is 2.21 bits per heavy atom. The van der Waals surface area contributed by atoms with Crippen LogP contribution in [0.4, 0.5) is 5.69 Å². The van der Waals surface area contributed by atoms with Gasteiger partial charge in [0.1, 0.15) is 5.75 Å². The van der Waals surface area contributed by atoms with Crippen LogP contribution < -0.4 is 19.9 Å². The van der Waals surface area contributed by atoms with Crippen LogP contribution in [0.25, 0.3) is 5.57 Å². The van der Waals surface area contributed by atoms with Crippen LogP contribution in [0.2, 0.25) is 0 Å². The molecule has 2 N–H and O–H groups in total. The van der Waals surface area contributed by atoms with E-state index in [1.54, 1.807) is 26.4 Å². The van der Waals surface area contributed by atoms with Crippen LogP contribution in [0.15, 0.2) is 42.5 Å². The molecule has 2 aromatic rings. The van der Waals surface area contributed by atoms with Crippen molar-refractivity contribution >= 4 is 11.3 Å². The van der Waals surface area contributed by atoms with Crippen LogP contribution in [0.3, 0.4) is 0 Å². The molecule has 124 valence electrons. The minimum atomic E-state index is 0.511. The summed E-state index contributed by atoms with van der Waals surface area (Å²) in [6.45, 7) is 2.43. The molecule has 0 fully saturated rings. The van der Waals surface area contributed by atoms with Crippen LogP contribution in [-0.4, -0.2) is 20.8 Å². The fourth-order valence-corrected chi connectivity index (χ4v) is 2.41. The van der Waals surface area contributed by atoms with Gasteiger partial charge >= 0.3 is 0 Å². The summed E-state index contributed by atoms with van der Waals surface area (Å²) >= 11 is 0. The maximum Gasteiger partial charge on any atom is 0.161 e. The van der Waals surface area contributed by atoms with Gasteiger partial charge in [-0.1, -0.05) is 12.1 Å². The van der Waals surface area contributed by atoms with Crippen LogP contribution >= 0.6 is 0 Å². The molecular formula is C19H20N2O3. The number of benzene rings is 2. The summed E-state index contributed by atoms with van der Waals surface area (Å²) in [5.41, 5.74) is 8.90. The van der Waals surface area contributed by atoms with Gasteiger partial charge in [-0.05, 0) is 47.9 Å². The second-order valence-electron chi connectivity index (χ2n) is 4.94. The molecule has 5 nitrogen and oxygen atoms in total. The smallest absolute Gasteiger partial charge is 0.161 e. The largest absolute Gasteiger partial charge is 0.495 e. The standard InChI is InChI=1S/C19H20N2O3/c1-4-24-19-12-14(6-8-18(19)23-3)15(9-10-20)13-5-7-17(22-2)16(21)11-13/h5-9,11-12H,4,21H2,1-3H3. The van der Waals surface area contributed by atoms with Gasteiger partial charge in [-0.25, -0.2) is 0 Å². The molecule has 0 saturated heterocycles. The zero-order chi connectivity index (χ0) is 17.5. The lowest BCUT2D eigenvalue weighted by Gasteiger charge is -2.14. The summed E-state index contributed by atoms with van der Waals surface area (Å²) in [4.78, 5) is 0. The third kappa shape index (κ3) is 3.61. The Kier molecular flexibility index (Phi) is 5.69. The molecule has 0 amide bonds. The van der Waals surface area contributed by atoms with Crippen LogP contribution in [0.1, 0.15) is 18.1 Å². The normalized spacial score (nSPS) is 10.8. The van der Waals surface area contributed by atoms with Crippen molar-refractivity contribution < 1.29 is 14.2 Å². The summed E-state index contributed by atoms with van der Waals surface area (Å²) in [6.07, 6.45) is 1.48. The lowest BCUT2D eigenvalue weighted by atomic mass is 9.96. The molecule has 2 aromatic carbocycles. The number of rotatable bonds is 6. The highest BCUT2D eigenvalue weighted by molar-refractivity contribution is 5.84. The molecule has 0 aliphatic carbocycles. The summed E-state index contributed by atoms with van der Waals surface area (Å²) in [5, 5.41) is 9.16. The second kappa shape index (κ2) is 7.93. The van der Waals surface area contributed by atoms with E-state index < -0.39 is 0 Å². The van der Waals surface area contributed by atoms with Gasteiger partial charge < -0.3 is 19.9 Å². The van der Waals surface area contributed by atoms with E-state index in [1.807, 2.05) is 31.2 Å². The Morgan fingerprint density at radius 2 is 1.67 bits per heavy atom. The van der Waals surface area contributed by atoms with Crippen LogP contribution in [-0.2, 0) is 0 Å². The summed E-state index contributed by atoms with van der Waals surface area (Å²) in [7, 11) is 3.16. The van der Waals surface area contributed by atoms with E-state index in [9.17, 15) is 0 Å². The number of nitrogens with two attached hydrogens (primary N) is 1. The van der Waals surface area contributed by atoms with Crippen molar-refractivity contribution in [3.8, 4) is 23.3 Å². The number of nitrogens with zero attached hydrogens (tertiary/aromatic N) is 1. The lowest BCUT2D eigenvalue weighted by molar-refractivity contribution is 0.311. The average Bonchev–Trinajstić information content (AvgIpc) is 2.60. The fraction of sp³-hybridized carbons (Fsp3) is 0.211. The number of ether oxygens (including phenoxy) is 3. The van der Waals surface area contributed by atoms with E-state index in [2.05, 4.69) is 6.07 Å². The molecule has 0 radical (unpaired) electrons. The van der Waals surface area contributed by atoms with Gasteiger partial charge in [-0.3, -0.25) is 0 Å². The van der Waals surface area contributed by atoms with Gasteiger partial charge in [0.05, 0.1) is 32.6 Å². The lowest BCUT2D eigenvalue weighted by Crippen LogP contribution is -1.98. The molecule has 24 heavy (non-hydrogen) atoms. The van der Waals surface area contributed by atoms with Gasteiger partial charge in [-0.15, -0.1) is 0 Å². The SMILES string of the molecule is CCOc1cc(C(=CC#N)c2ccc(OC)c(N)c2)ccc1OC. The first-order valence-electron chi connectivity index (χ1n) is 7.49. The molecule has 0 unspecified atom stereocenters. The first-order chi connectivity index (χ1) is 11.6. The molecule has 0 aliphatic rings. The molecule has 0 bridgehead atoms. The highest BCUT2D eigenvalue weighted by Crippen LogP contribution is 2.34. The number of hydrogen-bond acceptors (Lipinski definition) is 5. The van der Waals surface area contributed by atoms with Gasteiger partial charge in [0.2, 0.25) is 0 Å². The minimum Gasteiger partial charge on any atom is -0.495 e. The van der Waals surface area contributed by atoms with E-state index in [1.165, 1.54) is 6.08 Å². The summed E-state index contributed by atoms with van der Waals surface area (Å²) in [6, 6.07) is 13.1. The predicted molar refractivity (Wildman–Crippen MR) is 94.3 cm³/mol. The van der Waals surface area contributed by atoms with Gasteiger partial charge in [-0.2, -0.15) is 5.26 Å². The number of anilines is 1. The van der Waals surface area contributed by atoms with Gasteiger partial charge in [0, 0.05) is 6.08 Å². The quantitative estimate of drug-likeness (QED) is 0.648. The number of methoxy groups -OCH3 is 2. The van der Waals surface area contributed by atoms with E-state index in [0.717, 1.165) is 16.7 Å². The van der Waals surface area contributed by atoms with E-state index in [4.69, 9.17) is 25.2 Å². The number of hydrogen-bond donors (Lipinski definition) is 1. The third-order valence-electron chi connectivity index (χ3n) is 3.52. The van der Waals surface area contributed by atoms with Crippen molar-refractivity contribution in [2.75, 3.05) is 26.6 Å². The van der Waals surface area contributed by atoms with Gasteiger partial charge in [0.25, 0.3) is 0 Å². The maximum atomic E-state index is 9.16. The number of nitriles is 1. The predicted octanol–water partition coefficient (Wildman–Crippen LogP) is 3.64. The maximum absolute atomic E-state index is 9.16. The molecule has 0 heterocycles. The Hall–Kier alpha value is -3.13. The monoisotopic (exact) mass is 324 g/mol. The highest BCUT2D eigenvalue weighted by Gasteiger charge is 2.12. The zero-order valence-electron chi connectivity index (χ0n) is 14.0. The highest BCUT2D eigenvalue weighted by atomic mass is 16.5. The molecule has 0 aliphatic heterocycles. The Balaban J connectivity index is 2.53. The Labute approximate surface area is 141 Å². The van der Waals surface area contributed by atoms with Crippen molar-refractivity contribution in [2.45, 2.75) is 6.92 Å². The first-order valence-corrected chi connectivity index (χ1v) is 7.49. The summed E-state index contributed by atoms with van der Waals surface area (Å²) < 4.78 is 16.1. The topological polar surface area (TPSA) is 77.5 Å². The van der Waals surface area contributed by atoms with E-state index in [0.29, 0.717) is 29.5 Å². The first kappa shape index (κ1) is 17.2. The molecule has 5 heteroatoms. The van der Waals surface area contributed by atoms with E-state index >= 15 is 0 Å². The second-order valence-corrected chi connectivity index (χ2v) is 4.94. The average molecular weight is 324 g/mol. The molecule has 0 atom stereocenters. The third-order valence-corrected chi connectivity index (χ3v) is 3.52. The van der Waals surface area contributed by atoms with Crippen molar-refractivity contribution in [2.24, 2.45) is 0 Å². The fourth-order valence-electron chi connectivity index (χ4n) is 2.41. The van der Waals surface area contributed by atoms with Crippen molar-refractivity contribution in [3.05, 3.63) is 53.6 Å². The zero-order valence-corrected chi connectivity index (χ0v) is 14.0. The van der Waals surface area contributed by atoms with Gasteiger partial charge in [0.15, 0.2) is 11.5 Å². The van der Waals surface area contributed by atoms with E-state index in [-0.39, 0.29) is 0 Å². The molecule has 0 aromatic heterocycles. The Bertz CT molecular complexity index is 792. The van der Waals surface area contributed by atoms with Crippen LogP contribution in [0, 0.1) is 11.3 Å². The minimum absolute atomic E-state index is 0.511. The van der Waals surface area contributed by atoms with Crippen molar-refractivity contribution in [1.29, 1.82) is 5.26 Å². The molecular weight excluding hydrogens is 304 g/mol. The van der Waals surface area contributed by atoms with Crippen molar-refractivity contribution in [3.63, 3.8) is 0 Å². The molecule has 2 rings (SSSR count). The molecule has 0 spiro atoms. The molecule has 0 saturated carbocycles. The number of allylic oxidation sites excluding steroid dienone is 1. The Morgan fingerprint density at radius 1 is 1.04 bits per heavy atom. The van der Waals surface area contributed by atoms with Crippen LogP contribution in [0.5, 0.6) is 17.2 Å². The number of nitrogen functional groups attached to an aromatic ring is 1. The summed E-state index contributed by atoms with van der Waals surface area (Å²) in [5.74, 6) is 1.87.